The Hall–Kier alpha value is -13.0. The highest BCUT2D eigenvalue weighted by molar-refractivity contribution is 5.86. The number of hydrogen-bond donors (Lipinski definition) is 9. The summed E-state index contributed by atoms with van der Waals surface area (Å²) in [6.07, 6.45) is 32.9. The number of nitrogens with one attached hydrogen (secondary N) is 9. The maximum atomic E-state index is 6.12. The number of ether oxygens (including phenoxy) is 1. The smallest absolute Gasteiger partial charge is 0.165 e. The summed E-state index contributed by atoms with van der Waals surface area (Å²) in [5, 5.41) is 54.6. The molecule has 10 aromatic heterocycles. The van der Waals surface area contributed by atoms with E-state index >= 15 is 0 Å². The first-order valence-corrected chi connectivity index (χ1v) is 47.2. The number of fused-ring (bicyclic) bond motifs is 23. The first kappa shape index (κ1) is 83.9. The van der Waals surface area contributed by atoms with E-state index in [1.807, 2.05) is 127 Å². The SMILES string of the molecule is Cc1ccc2cc1-c1cnn3ccc(nc13)NC1CCN(CCN2)CC1.Cc1ccc2cc1-c1cnn3ccc(nc13)NCCC1CCCN1CCN2.Cc1ccc2cc1-c1cnn3ccc(nc13)NCCN1CCC(CC1)N2.Cc1ccc2cc1-c1cnn3ccc(nc13)NCCN1CCC[C@H]1CN2.c1cc2cc(c1)-c1cnn3ccc(nc13)NCCN1CCC[C@H]1CO2. The van der Waals surface area contributed by atoms with E-state index in [9.17, 15) is 0 Å². The Balaban J connectivity index is 0.0000000984. The predicted octanol–water partition coefficient (Wildman–Crippen LogP) is 15.1. The summed E-state index contributed by atoms with van der Waals surface area (Å²) in [6.45, 7) is 29.3. The molecule has 30 nitrogen and oxygen atoms in total. The number of hydrogen-bond acceptors (Lipinski definition) is 25. The Morgan fingerprint density at radius 2 is 0.662 bits per heavy atom. The Morgan fingerprint density at radius 3 is 1.15 bits per heavy atom. The number of anilines is 9. The van der Waals surface area contributed by atoms with Crippen molar-refractivity contribution in [2.75, 3.05) is 179 Å². The Labute approximate surface area is 758 Å². The summed E-state index contributed by atoms with van der Waals surface area (Å²) < 4.78 is 15.4. The lowest BCUT2D eigenvalue weighted by molar-refractivity contribution is 0.177. The zero-order chi connectivity index (χ0) is 87.4. The molecular weight excluding hydrogens is 1620 g/mol. The zero-order valence-corrected chi connectivity index (χ0v) is 75.1. The maximum absolute atomic E-state index is 6.12. The van der Waals surface area contributed by atoms with E-state index in [2.05, 4.69) is 210 Å². The summed E-state index contributed by atoms with van der Waals surface area (Å²) in [5.74, 6) is 5.51. The maximum Gasteiger partial charge on any atom is 0.165 e. The van der Waals surface area contributed by atoms with Crippen LogP contribution in [-0.4, -0.2) is 259 Å². The van der Waals surface area contributed by atoms with Crippen molar-refractivity contribution < 1.29 is 4.74 Å². The van der Waals surface area contributed by atoms with Gasteiger partial charge in [-0.25, -0.2) is 47.5 Å². The predicted molar refractivity (Wildman–Crippen MR) is 521 cm³/mol. The molecule has 22 heterocycles. The molecule has 9 N–H and O–H groups in total. The molecule has 670 valence electrons. The Kier molecular flexibility index (Phi) is 24.5. The minimum Gasteiger partial charge on any atom is -0.492 e. The fourth-order valence-electron chi connectivity index (χ4n) is 20.5. The van der Waals surface area contributed by atoms with Crippen molar-refractivity contribution in [1.82, 2.24) is 97.5 Å². The van der Waals surface area contributed by atoms with Crippen LogP contribution in [0.3, 0.4) is 0 Å². The van der Waals surface area contributed by atoms with Crippen molar-refractivity contribution in [3.63, 3.8) is 0 Å². The molecule has 27 rings (SSSR count). The highest BCUT2D eigenvalue weighted by atomic mass is 16.5. The molecule has 0 spiro atoms. The molecule has 12 aliphatic rings. The first-order valence-electron chi connectivity index (χ1n) is 47.2. The van der Waals surface area contributed by atoms with Gasteiger partial charge in [-0.1, -0.05) is 36.4 Å². The Morgan fingerprint density at radius 1 is 0.292 bits per heavy atom. The average Bonchev–Trinajstić information content (AvgIpc) is 1.64. The lowest BCUT2D eigenvalue weighted by atomic mass is 10.0. The van der Waals surface area contributed by atoms with Crippen LogP contribution in [0.1, 0.15) is 92.9 Å². The van der Waals surface area contributed by atoms with E-state index < -0.39 is 0 Å². The van der Waals surface area contributed by atoms with Crippen molar-refractivity contribution >= 4 is 80.1 Å². The third kappa shape index (κ3) is 18.7. The fourth-order valence-corrected chi connectivity index (χ4v) is 20.5. The van der Waals surface area contributed by atoms with Crippen molar-refractivity contribution in [2.24, 2.45) is 0 Å². The molecular formula is C100H119N29O. The van der Waals surface area contributed by atoms with Crippen molar-refractivity contribution in [1.29, 1.82) is 0 Å². The van der Waals surface area contributed by atoms with Gasteiger partial charge >= 0.3 is 0 Å². The van der Waals surface area contributed by atoms with Gasteiger partial charge in [-0.05, 0) is 259 Å². The molecule has 1 unspecified atom stereocenters. The van der Waals surface area contributed by atoms with Gasteiger partial charge in [0, 0.05) is 216 Å². The minimum atomic E-state index is 0.494. The number of nitrogens with zero attached hydrogens (tertiary/aromatic N) is 20. The molecule has 5 saturated heterocycles. The van der Waals surface area contributed by atoms with E-state index in [0.717, 1.165) is 245 Å². The number of piperidine rings is 2. The monoisotopic (exact) mass is 1740 g/mol. The van der Waals surface area contributed by atoms with Gasteiger partial charge in [0.1, 0.15) is 41.4 Å². The van der Waals surface area contributed by atoms with E-state index in [1.54, 1.807) is 0 Å². The van der Waals surface area contributed by atoms with Gasteiger partial charge in [0.2, 0.25) is 0 Å². The van der Waals surface area contributed by atoms with Crippen molar-refractivity contribution in [2.45, 2.75) is 129 Å². The molecule has 130 heavy (non-hydrogen) atoms. The highest BCUT2D eigenvalue weighted by Gasteiger charge is 2.30. The summed E-state index contributed by atoms with van der Waals surface area (Å²) in [5.41, 5.74) is 25.3. The normalized spacial score (nSPS) is 21.3. The molecule has 0 amide bonds. The highest BCUT2D eigenvalue weighted by Crippen LogP contribution is 2.38. The van der Waals surface area contributed by atoms with Gasteiger partial charge in [0.25, 0.3) is 0 Å². The minimum absolute atomic E-state index is 0.494. The molecule has 5 fully saturated rings. The van der Waals surface area contributed by atoms with Gasteiger partial charge < -0.3 is 62.4 Å². The Bertz CT molecular complexity index is 6490. The number of aromatic nitrogens is 15. The van der Waals surface area contributed by atoms with Gasteiger partial charge in [0.05, 0.1) is 31.0 Å². The van der Waals surface area contributed by atoms with Gasteiger partial charge in [0.15, 0.2) is 28.2 Å². The van der Waals surface area contributed by atoms with E-state index in [0.29, 0.717) is 30.2 Å². The number of benzene rings is 5. The molecule has 12 aliphatic heterocycles. The van der Waals surface area contributed by atoms with Crippen LogP contribution < -0.4 is 52.6 Å². The largest absolute Gasteiger partial charge is 0.492 e. The van der Waals surface area contributed by atoms with Gasteiger partial charge in [-0.3, -0.25) is 14.7 Å². The van der Waals surface area contributed by atoms with Crippen LogP contribution in [0, 0.1) is 27.7 Å². The summed E-state index contributed by atoms with van der Waals surface area (Å²) >= 11 is 0. The van der Waals surface area contributed by atoms with E-state index in [-0.39, 0.29) is 0 Å². The van der Waals surface area contributed by atoms with Crippen molar-refractivity contribution in [3.05, 3.63) is 212 Å². The van der Waals surface area contributed by atoms with Crippen LogP contribution in [0.25, 0.3) is 83.9 Å². The van der Waals surface area contributed by atoms with E-state index in [1.165, 1.54) is 120 Å². The summed E-state index contributed by atoms with van der Waals surface area (Å²) in [4.78, 5) is 37.0. The van der Waals surface area contributed by atoms with Crippen molar-refractivity contribution in [3.8, 4) is 61.4 Å². The van der Waals surface area contributed by atoms with Crippen LogP contribution in [0.4, 0.5) is 51.8 Å². The topological polar surface area (TPSA) is 285 Å². The van der Waals surface area contributed by atoms with Crippen LogP contribution in [-0.2, 0) is 0 Å². The molecule has 15 aromatic rings. The fraction of sp³-hybridized carbons (Fsp3) is 0.400. The van der Waals surface area contributed by atoms with Crippen LogP contribution in [0.15, 0.2) is 189 Å². The first-order chi connectivity index (χ1) is 63.9. The number of rotatable bonds is 0. The molecule has 24 bridgehead atoms. The molecule has 0 radical (unpaired) electrons. The van der Waals surface area contributed by atoms with Crippen LogP contribution in [0.5, 0.6) is 5.75 Å². The zero-order valence-electron chi connectivity index (χ0n) is 75.1. The second-order valence-corrected chi connectivity index (χ2v) is 36.4. The summed E-state index contributed by atoms with van der Waals surface area (Å²) in [6, 6.07) is 47.4. The van der Waals surface area contributed by atoms with Crippen LogP contribution in [0.2, 0.25) is 0 Å². The lowest BCUT2D eigenvalue weighted by Gasteiger charge is -2.33. The molecule has 5 aromatic carbocycles. The van der Waals surface area contributed by atoms with Crippen LogP contribution >= 0.6 is 0 Å². The molecule has 30 heteroatoms. The third-order valence-electron chi connectivity index (χ3n) is 27.9. The molecule has 0 aliphatic carbocycles. The summed E-state index contributed by atoms with van der Waals surface area (Å²) in [7, 11) is 0. The standard InChI is InChI=1S/C21H26N6.3C20H24N6.C19H21N5O/c1-15-4-5-16-13-18(15)19-14-24-27-11-7-20(25-21(19)27)23-8-6-17-3-2-10-26(17)12-9-22-16;1-14-2-3-16-12-17(14)18-13-22-26-10-6-19(24-20(18)26)21-7-11-25-8-4-15(23-16)5-9-25;1-14-2-3-16-12-17(14)18-13-22-26-10-6-19(24-20(18)26)23-15-4-8-25(9-5-15)11-7-21-16;1-14-4-5-15-11-17(14)18-13-23-26-9-6-19(24-20(18)26)21-7-10-25-8-2-3-16(25)12-22-15;1-3-14-11-16(5-1)25-13-15-4-2-8-23(15)10-7-20-18-6-9-24-19(22-18)17(14)12-21-24/h4-5,7,11,13-14,17,22H,2-3,6,8-10,12H2,1H3,(H,23,25);2-3,6,10,12-13,15,23H,4-5,7-9,11H2,1H3,(H,21,24);2-3,6,10,12-13,15,21H,4-5,7-9,11H2,1H3,(H,23,24);4-6,9,11,13,16,22H,2-3,7-8,10,12H2,1H3,(H,21,24);1,3,5-6,9,11-12,15H,2,4,7-8,10,13H2,(H,20,22)/t;;;16-;15-/m...00/s1. The second kappa shape index (κ2) is 38.0. The average molecular weight is 1740 g/mol. The molecule has 3 atom stereocenters. The lowest BCUT2D eigenvalue weighted by Crippen LogP contribution is -2.41. The molecule has 0 saturated carbocycles. The third-order valence-corrected chi connectivity index (χ3v) is 27.9. The van der Waals surface area contributed by atoms with E-state index in [4.69, 9.17) is 29.7 Å². The van der Waals surface area contributed by atoms with Gasteiger partial charge in [-0.2, -0.15) is 25.5 Å². The second-order valence-electron chi connectivity index (χ2n) is 36.4. The number of aryl methyl sites for hydroxylation is 4. The van der Waals surface area contributed by atoms with Gasteiger partial charge in [-0.15, -0.1) is 0 Å². The quantitative estimate of drug-likeness (QED) is 0.0682.